The van der Waals surface area contributed by atoms with Crippen LogP contribution in [0.3, 0.4) is 0 Å². The molecule has 0 spiro atoms. The van der Waals surface area contributed by atoms with Crippen molar-refractivity contribution in [2.45, 2.75) is 60.3 Å². The van der Waals surface area contributed by atoms with Gasteiger partial charge in [0.15, 0.2) is 0 Å². The van der Waals surface area contributed by atoms with Gasteiger partial charge in [0.05, 0.1) is 4.92 Å². The molecule has 1 aliphatic carbocycles. The van der Waals surface area contributed by atoms with Gasteiger partial charge in [0, 0.05) is 5.92 Å². The topological polar surface area (TPSA) is 43.1 Å². The van der Waals surface area contributed by atoms with Crippen LogP contribution in [0.4, 0.5) is 0 Å². The molecule has 0 radical (unpaired) electrons. The molecule has 0 aromatic carbocycles. The molecule has 1 rings (SSSR count). The Bertz CT molecular complexity index is 318. The Morgan fingerprint density at radius 2 is 1.72 bits per heavy atom. The zero-order chi connectivity index (χ0) is 13.9. The van der Waals surface area contributed by atoms with Crippen LogP contribution in [0, 0.1) is 33.3 Å². The molecule has 0 saturated heterocycles. The lowest BCUT2D eigenvalue weighted by Gasteiger charge is -2.36. The molecule has 1 saturated carbocycles. The second-order valence-electron chi connectivity index (χ2n) is 6.98. The summed E-state index contributed by atoms with van der Waals surface area (Å²) in [4.78, 5) is 10.8. The van der Waals surface area contributed by atoms with Crippen LogP contribution in [0.2, 0.25) is 0 Å². The molecule has 0 aromatic rings. The monoisotopic (exact) mass is 253 g/mol. The smallest absolute Gasteiger partial charge is 0.245 e. The molecule has 0 atom stereocenters. The molecule has 3 heteroatoms. The highest BCUT2D eigenvalue weighted by Gasteiger charge is 2.30. The van der Waals surface area contributed by atoms with Gasteiger partial charge in [-0.25, -0.2) is 0 Å². The van der Waals surface area contributed by atoms with E-state index in [0.717, 1.165) is 18.8 Å². The van der Waals surface area contributed by atoms with Gasteiger partial charge in [-0.3, -0.25) is 10.1 Å². The van der Waals surface area contributed by atoms with Crippen LogP contribution < -0.4 is 0 Å². The summed E-state index contributed by atoms with van der Waals surface area (Å²) in [7, 11) is 0. The molecule has 18 heavy (non-hydrogen) atoms. The molecule has 1 fully saturated rings. The van der Waals surface area contributed by atoms with Gasteiger partial charge in [0.2, 0.25) is 5.70 Å². The van der Waals surface area contributed by atoms with E-state index < -0.39 is 0 Å². The second kappa shape index (κ2) is 5.85. The Kier molecular flexibility index (Phi) is 4.94. The van der Waals surface area contributed by atoms with Crippen molar-refractivity contribution in [2.24, 2.45) is 23.2 Å². The summed E-state index contributed by atoms with van der Waals surface area (Å²) in [6.45, 7) is 10.7. The van der Waals surface area contributed by atoms with E-state index in [0.29, 0.717) is 17.0 Å². The van der Waals surface area contributed by atoms with Crippen LogP contribution in [0.1, 0.15) is 60.3 Å². The van der Waals surface area contributed by atoms with Crippen molar-refractivity contribution < 1.29 is 4.92 Å². The Morgan fingerprint density at radius 3 is 2.06 bits per heavy atom. The fourth-order valence-corrected chi connectivity index (χ4v) is 2.86. The van der Waals surface area contributed by atoms with Crippen LogP contribution in [-0.4, -0.2) is 4.92 Å². The number of allylic oxidation sites excluding steroid dienone is 2. The summed E-state index contributed by atoms with van der Waals surface area (Å²) in [5.74, 6) is 1.19. The first kappa shape index (κ1) is 15.2. The van der Waals surface area contributed by atoms with Crippen molar-refractivity contribution in [3.8, 4) is 0 Å². The molecule has 1 aliphatic rings. The van der Waals surface area contributed by atoms with Gasteiger partial charge in [0.1, 0.15) is 0 Å². The number of nitro groups is 1. The third kappa shape index (κ3) is 4.11. The van der Waals surface area contributed by atoms with Crippen molar-refractivity contribution >= 4 is 0 Å². The summed E-state index contributed by atoms with van der Waals surface area (Å²) in [6.07, 6.45) is 6.53. The van der Waals surface area contributed by atoms with Crippen molar-refractivity contribution in [2.75, 3.05) is 0 Å². The zero-order valence-corrected chi connectivity index (χ0v) is 12.4. The van der Waals surface area contributed by atoms with Gasteiger partial charge >= 0.3 is 0 Å². The summed E-state index contributed by atoms with van der Waals surface area (Å²) in [6, 6.07) is 0. The largest absolute Gasteiger partial charge is 0.259 e. The third-order valence-corrected chi connectivity index (χ3v) is 4.21. The first-order valence-corrected chi connectivity index (χ1v) is 7.08. The molecular weight excluding hydrogens is 226 g/mol. The van der Waals surface area contributed by atoms with Crippen molar-refractivity contribution in [3.05, 3.63) is 21.9 Å². The van der Waals surface area contributed by atoms with Gasteiger partial charge in [0.25, 0.3) is 0 Å². The van der Waals surface area contributed by atoms with Crippen LogP contribution >= 0.6 is 0 Å². The Morgan fingerprint density at radius 1 is 1.22 bits per heavy atom. The Labute approximate surface area is 111 Å². The predicted octanol–water partition coefficient (Wildman–Crippen LogP) is 4.66. The molecule has 0 bridgehead atoms. The fourth-order valence-electron chi connectivity index (χ4n) is 2.86. The minimum Gasteiger partial charge on any atom is -0.259 e. The number of rotatable bonds is 3. The summed E-state index contributed by atoms with van der Waals surface area (Å²) in [5.41, 5.74) is 0.771. The molecule has 3 nitrogen and oxygen atoms in total. The Hall–Kier alpha value is -0.860. The minimum absolute atomic E-state index is 0.0142. The van der Waals surface area contributed by atoms with Crippen molar-refractivity contribution in [3.63, 3.8) is 0 Å². The van der Waals surface area contributed by atoms with E-state index in [2.05, 4.69) is 20.8 Å². The standard InChI is InChI=1S/C15H27NO2/c1-11(2)14(16(17)18)10-12-6-8-13(9-7-12)15(3,4)5/h10-13H,6-9H2,1-5H3. The molecule has 0 heterocycles. The maximum absolute atomic E-state index is 11.0. The quantitative estimate of drug-likeness (QED) is 0.542. The molecular formula is C15H27NO2. The average molecular weight is 253 g/mol. The maximum atomic E-state index is 11.0. The van der Waals surface area contributed by atoms with E-state index in [9.17, 15) is 10.1 Å². The second-order valence-corrected chi connectivity index (χ2v) is 6.98. The molecule has 0 amide bonds. The third-order valence-electron chi connectivity index (χ3n) is 4.21. The van der Waals surface area contributed by atoms with Gasteiger partial charge in [-0.15, -0.1) is 0 Å². The number of nitrogens with zero attached hydrogens (tertiary/aromatic N) is 1. The van der Waals surface area contributed by atoms with Crippen LogP contribution in [0.15, 0.2) is 11.8 Å². The predicted molar refractivity (Wildman–Crippen MR) is 74.8 cm³/mol. The van der Waals surface area contributed by atoms with Crippen LogP contribution in [0.5, 0.6) is 0 Å². The molecule has 0 unspecified atom stereocenters. The summed E-state index contributed by atoms with van der Waals surface area (Å²) in [5, 5.41) is 11.0. The first-order valence-electron chi connectivity index (χ1n) is 7.08. The van der Waals surface area contributed by atoms with E-state index >= 15 is 0 Å². The highest BCUT2D eigenvalue weighted by atomic mass is 16.6. The molecule has 0 aliphatic heterocycles. The van der Waals surface area contributed by atoms with E-state index in [1.54, 1.807) is 0 Å². The molecule has 0 aromatic heterocycles. The number of hydrogen-bond donors (Lipinski definition) is 0. The van der Waals surface area contributed by atoms with Crippen molar-refractivity contribution in [1.82, 2.24) is 0 Å². The van der Waals surface area contributed by atoms with Gasteiger partial charge in [-0.1, -0.05) is 34.6 Å². The maximum Gasteiger partial charge on any atom is 0.245 e. The van der Waals surface area contributed by atoms with Gasteiger partial charge in [-0.05, 0) is 49.0 Å². The highest BCUT2D eigenvalue weighted by molar-refractivity contribution is 5.00. The minimum atomic E-state index is -0.208. The molecule has 104 valence electrons. The Balaban J connectivity index is 2.63. The van der Waals surface area contributed by atoms with Crippen molar-refractivity contribution in [1.29, 1.82) is 0 Å². The lowest BCUT2D eigenvalue weighted by molar-refractivity contribution is -0.433. The van der Waals surface area contributed by atoms with E-state index in [1.807, 2.05) is 19.9 Å². The lowest BCUT2D eigenvalue weighted by Crippen LogP contribution is -2.25. The van der Waals surface area contributed by atoms with Gasteiger partial charge in [-0.2, -0.15) is 0 Å². The van der Waals surface area contributed by atoms with Crippen LogP contribution in [-0.2, 0) is 0 Å². The van der Waals surface area contributed by atoms with Crippen LogP contribution in [0.25, 0.3) is 0 Å². The first-order chi connectivity index (χ1) is 8.21. The average Bonchev–Trinajstić information content (AvgIpc) is 2.24. The van der Waals surface area contributed by atoms with Gasteiger partial charge < -0.3 is 0 Å². The van der Waals surface area contributed by atoms with E-state index in [-0.39, 0.29) is 10.8 Å². The lowest BCUT2D eigenvalue weighted by atomic mass is 9.69. The fraction of sp³-hybridized carbons (Fsp3) is 0.867. The van der Waals surface area contributed by atoms with E-state index in [1.165, 1.54) is 12.8 Å². The molecule has 0 N–H and O–H groups in total. The zero-order valence-electron chi connectivity index (χ0n) is 12.4. The summed E-state index contributed by atoms with van der Waals surface area (Å²) >= 11 is 0. The highest BCUT2D eigenvalue weighted by Crippen LogP contribution is 2.40. The normalized spacial score (nSPS) is 26.4. The number of hydrogen-bond acceptors (Lipinski definition) is 2. The van der Waals surface area contributed by atoms with E-state index in [4.69, 9.17) is 0 Å². The summed E-state index contributed by atoms with van der Waals surface area (Å²) < 4.78 is 0. The SMILES string of the molecule is CC(C)C(=CC1CCC(C(C)(C)C)CC1)[N+](=O)[O-].